The third kappa shape index (κ3) is 3.10. The number of aromatic nitrogens is 5. The summed E-state index contributed by atoms with van der Waals surface area (Å²) >= 11 is 0. The van der Waals surface area contributed by atoms with Crippen molar-refractivity contribution in [3.63, 3.8) is 0 Å². The van der Waals surface area contributed by atoms with Crippen LogP contribution in [0.15, 0.2) is 11.1 Å². The van der Waals surface area contributed by atoms with Crippen LogP contribution in [0.3, 0.4) is 0 Å². The summed E-state index contributed by atoms with van der Waals surface area (Å²) < 4.78 is 11.9. The van der Waals surface area contributed by atoms with E-state index in [1.54, 1.807) is 13.8 Å². The van der Waals surface area contributed by atoms with Gasteiger partial charge in [0.15, 0.2) is 11.3 Å². The molecule has 0 bridgehead atoms. The zero-order chi connectivity index (χ0) is 16.3. The van der Waals surface area contributed by atoms with Crippen LogP contribution in [0.25, 0.3) is 5.65 Å². The van der Waals surface area contributed by atoms with E-state index in [0.29, 0.717) is 0 Å². The van der Waals surface area contributed by atoms with Crippen molar-refractivity contribution in [2.75, 3.05) is 13.2 Å². The van der Waals surface area contributed by atoms with Crippen molar-refractivity contribution in [3.8, 4) is 0 Å². The van der Waals surface area contributed by atoms with Crippen LogP contribution in [-0.2, 0) is 21.3 Å². The fraction of sp³-hybridized carbons (Fsp3) is 0.500. The van der Waals surface area contributed by atoms with Crippen molar-refractivity contribution >= 4 is 17.6 Å². The minimum Gasteiger partial charge on any atom is -0.462 e. The van der Waals surface area contributed by atoms with E-state index in [2.05, 4.69) is 15.3 Å². The number of rotatable bonds is 5. The van der Waals surface area contributed by atoms with E-state index >= 15 is 0 Å². The summed E-state index contributed by atoms with van der Waals surface area (Å²) in [7, 11) is 1.43. The Kier molecular flexibility index (Phi) is 4.49. The fourth-order valence-corrected chi connectivity index (χ4v) is 1.54. The highest BCUT2D eigenvalue weighted by Gasteiger charge is 2.18. The highest BCUT2D eigenvalue weighted by Crippen LogP contribution is 2.04. The maximum Gasteiger partial charge on any atom is 0.361 e. The standard InChI is InChI=1S/C12H15N5O5/c1-7(2)10(18)21-4-5-22-11(19)8-9-14-15-16(3)12(20)17(9)6-13-8/h6-7H,4-5H2,1-3H3. The number of hydrogen-bond donors (Lipinski definition) is 0. The molecule has 0 aliphatic heterocycles. The first-order valence-corrected chi connectivity index (χ1v) is 6.52. The number of ether oxygens (including phenoxy) is 2. The minimum atomic E-state index is -0.773. The lowest BCUT2D eigenvalue weighted by Crippen LogP contribution is -2.27. The molecular weight excluding hydrogens is 294 g/mol. The lowest BCUT2D eigenvalue weighted by Gasteiger charge is -2.07. The molecule has 118 valence electrons. The summed E-state index contributed by atoms with van der Waals surface area (Å²) in [5.74, 6) is -1.40. The zero-order valence-corrected chi connectivity index (χ0v) is 12.3. The van der Waals surface area contributed by atoms with Gasteiger partial charge in [0.25, 0.3) is 0 Å². The molecule has 0 unspecified atom stereocenters. The van der Waals surface area contributed by atoms with E-state index in [1.807, 2.05) is 0 Å². The molecule has 0 aliphatic carbocycles. The van der Waals surface area contributed by atoms with Crippen molar-refractivity contribution in [3.05, 3.63) is 22.5 Å². The molecule has 0 saturated heterocycles. The molecule has 0 radical (unpaired) electrons. The first-order chi connectivity index (χ1) is 10.4. The third-order valence-electron chi connectivity index (χ3n) is 2.72. The SMILES string of the molecule is CC(C)C(=O)OCCOC(=O)c1ncn2c(=O)n(C)nnc12. The van der Waals surface area contributed by atoms with Gasteiger partial charge in [-0.3, -0.25) is 4.79 Å². The van der Waals surface area contributed by atoms with Crippen LogP contribution in [0.5, 0.6) is 0 Å². The van der Waals surface area contributed by atoms with E-state index in [4.69, 9.17) is 9.47 Å². The second kappa shape index (κ2) is 6.33. The topological polar surface area (TPSA) is 118 Å². The number of aryl methyl sites for hydroxylation is 1. The number of carbonyl (C=O) groups excluding carboxylic acids is 2. The Bertz CT molecular complexity index is 763. The monoisotopic (exact) mass is 309 g/mol. The molecule has 2 rings (SSSR count). The summed E-state index contributed by atoms with van der Waals surface area (Å²) in [4.78, 5) is 38.6. The molecule has 22 heavy (non-hydrogen) atoms. The lowest BCUT2D eigenvalue weighted by atomic mass is 10.2. The lowest BCUT2D eigenvalue weighted by molar-refractivity contribution is -0.148. The maximum absolute atomic E-state index is 11.9. The van der Waals surface area contributed by atoms with E-state index in [1.165, 1.54) is 13.4 Å². The Balaban J connectivity index is 2.01. The highest BCUT2D eigenvalue weighted by molar-refractivity contribution is 5.93. The summed E-state index contributed by atoms with van der Waals surface area (Å²) in [6.45, 7) is 3.23. The molecule has 0 N–H and O–H groups in total. The molecule has 0 amide bonds. The molecule has 2 aromatic heterocycles. The smallest absolute Gasteiger partial charge is 0.361 e. The van der Waals surface area contributed by atoms with Gasteiger partial charge < -0.3 is 9.47 Å². The Labute approximate surface area is 124 Å². The van der Waals surface area contributed by atoms with Crippen molar-refractivity contribution in [1.82, 2.24) is 24.4 Å². The van der Waals surface area contributed by atoms with Gasteiger partial charge in [0.05, 0.1) is 5.92 Å². The van der Waals surface area contributed by atoms with Gasteiger partial charge in [-0.2, -0.15) is 4.68 Å². The van der Waals surface area contributed by atoms with Crippen molar-refractivity contribution in [1.29, 1.82) is 0 Å². The number of esters is 2. The van der Waals surface area contributed by atoms with Gasteiger partial charge >= 0.3 is 17.6 Å². The van der Waals surface area contributed by atoms with Gasteiger partial charge in [-0.25, -0.2) is 19.0 Å². The fourth-order valence-electron chi connectivity index (χ4n) is 1.54. The molecule has 0 aromatic carbocycles. The molecule has 0 atom stereocenters. The average molecular weight is 309 g/mol. The van der Waals surface area contributed by atoms with Crippen molar-refractivity contribution < 1.29 is 19.1 Å². The molecule has 0 aliphatic rings. The van der Waals surface area contributed by atoms with E-state index in [0.717, 1.165) is 9.08 Å². The van der Waals surface area contributed by atoms with Gasteiger partial charge in [0.2, 0.25) is 0 Å². The molecule has 10 nitrogen and oxygen atoms in total. The summed E-state index contributed by atoms with van der Waals surface area (Å²) in [5, 5.41) is 7.31. The predicted molar refractivity (Wildman–Crippen MR) is 72.1 cm³/mol. The van der Waals surface area contributed by atoms with Crippen LogP contribution < -0.4 is 5.69 Å². The maximum atomic E-state index is 11.9. The molecule has 0 fully saturated rings. The Morgan fingerprint density at radius 1 is 1.27 bits per heavy atom. The number of carbonyl (C=O) groups is 2. The summed E-state index contributed by atoms with van der Waals surface area (Å²) in [6.07, 6.45) is 1.17. The Morgan fingerprint density at radius 3 is 2.64 bits per heavy atom. The summed E-state index contributed by atoms with van der Waals surface area (Å²) in [6, 6.07) is 0. The van der Waals surface area contributed by atoms with Gasteiger partial charge in [-0.15, -0.1) is 5.10 Å². The van der Waals surface area contributed by atoms with Crippen LogP contribution in [-0.4, -0.2) is 49.5 Å². The molecule has 0 spiro atoms. The number of imidazole rings is 1. The van der Waals surface area contributed by atoms with Crippen LogP contribution >= 0.6 is 0 Å². The molecule has 10 heteroatoms. The molecule has 2 aromatic rings. The number of hydrogen-bond acceptors (Lipinski definition) is 8. The van der Waals surface area contributed by atoms with Gasteiger partial charge in [-0.05, 0) is 0 Å². The van der Waals surface area contributed by atoms with Crippen LogP contribution in [0.2, 0.25) is 0 Å². The highest BCUT2D eigenvalue weighted by atomic mass is 16.6. The Morgan fingerprint density at radius 2 is 1.95 bits per heavy atom. The molecular formula is C12H15N5O5. The molecule has 2 heterocycles. The quantitative estimate of drug-likeness (QED) is 0.519. The normalized spacial score (nSPS) is 10.9. The Hall–Kier alpha value is -2.78. The number of fused-ring (bicyclic) bond motifs is 1. The predicted octanol–water partition coefficient (Wildman–Crippen LogP) is -0.821. The van der Waals surface area contributed by atoms with E-state index in [9.17, 15) is 14.4 Å². The van der Waals surface area contributed by atoms with E-state index < -0.39 is 11.7 Å². The van der Waals surface area contributed by atoms with Gasteiger partial charge in [0.1, 0.15) is 19.5 Å². The first kappa shape index (κ1) is 15.6. The average Bonchev–Trinajstić information content (AvgIpc) is 2.91. The minimum absolute atomic E-state index is 0.00674. The second-order valence-corrected chi connectivity index (χ2v) is 4.74. The van der Waals surface area contributed by atoms with Crippen LogP contribution in [0, 0.1) is 5.92 Å². The summed E-state index contributed by atoms with van der Waals surface area (Å²) in [5.41, 5.74) is -0.602. The molecule has 0 saturated carbocycles. The van der Waals surface area contributed by atoms with Crippen molar-refractivity contribution in [2.24, 2.45) is 13.0 Å². The largest absolute Gasteiger partial charge is 0.462 e. The van der Waals surface area contributed by atoms with Gasteiger partial charge in [0, 0.05) is 7.05 Å². The van der Waals surface area contributed by atoms with E-state index in [-0.39, 0.29) is 36.4 Å². The van der Waals surface area contributed by atoms with Crippen molar-refractivity contribution in [2.45, 2.75) is 13.8 Å². The first-order valence-electron chi connectivity index (χ1n) is 6.52. The second-order valence-electron chi connectivity index (χ2n) is 4.74. The van der Waals surface area contributed by atoms with Crippen LogP contribution in [0.4, 0.5) is 0 Å². The third-order valence-corrected chi connectivity index (χ3v) is 2.72. The van der Waals surface area contributed by atoms with Crippen LogP contribution in [0.1, 0.15) is 24.3 Å². The van der Waals surface area contributed by atoms with Gasteiger partial charge in [-0.1, -0.05) is 19.1 Å². The number of nitrogens with zero attached hydrogens (tertiary/aromatic N) is 5. The zero-order valence-electron chi connectivity index (χ0n) is 12.3.